The van der Waals surface area contributed by atoms with E-state index in [0.29, 0.717) is 50.5 Å². The van der Waals surface area contributed by atoms with Crippen molar-refractivity contribution >= 4 is 27.5 Å². The lowest BCUT2D eigenvalue weighted by atomic mass is 10.2. The van der Waals surface area contributed by atoms with Crippen LogP contribution in [0.1, 0.15) is 36.0 Å². The molecular weight excluding hydrogens is 470 g/mol. The van der Waals surface area contributed by atoms with Crippen LogP contribution in [-0.2, 0) is 10.2 Å². The zero-order chi connectivity index (χ0) is 23.5. The Morgan fingerprint density at radius 3 is 2.15 bits per heavy atom. The van der Waals surface area contributed by atoms with Crippen LogP contribution in [0.25, 0.3) is 16.3 Å². The summed E-state index contributed by atoms with van der Waals surface area (Å²) in [6.07, 6.45) is 5.77. The van der Waals surface area contributed by atoms with Crippen molar-refractivity contribution in [3.05, 3.63) is 59.6 Å². The Morgan fingerprint density at radius 2 is 1.50 bits per heavy atom. The molecule has 34 heavy (non-hydrogen) atoms. The van der Waals surface area contributed by atoms with E-state index in [1.807, 2.05) is 47.8 Å². The summed E-state index contributed by atoms with van der Waals surface area (Å²) in [7, 11) is -3.48. The van der Waals surface area contributed by atoms with E-state index in [1.165, 1.54) is 4.31 Å². The summed E-state index contributed by atoms with van der Waals surface area (Å²) in [5.41, 5.74) is 2.08. The lowest BCUT2D eigenvalue weighted by Gasteiger charge is -2.36. The topological polar surface area (TPSA) is 78.8 Å². The number of aromatic nitrogens is 2. The van der Waals surface area contributed by atoms with Crippen molar-refractivity contribution in [3.8, 4) is 16.3 Å². The molecule has 2 aliphatic rings. The molecule has 2 aromatic heterocycles. The molecule has 1 aromatic carbocycles. The van der Waals surface area contributed by atoms with Gasteiger partial charge in [0.1, 0.15) is 5.69 Å². The predicted octanol–water partition coefficient (Wildman–Crippen LogP) is 3.48. The summed E-state index contributed by atoms with van der Waals surface area (Å²) in [5.74, 6) is -0.114. The Hall–Kier alpha value is -2.53. The van der Waals surface area contributed by atoms with Gasteiger partial charge >= 0.3 is 0 Å². The molecule has 2 fully saturated rings. The maximum Gasteiger partial charge on any atom is 0.282 e. The third-order valence-electron chi connectivity index (χ3n) is 6.46. The molecule has 8 nitrogen and oxygen atoms in total. The minimum atomic E-state index is -3.48. The SMILES string of the molecule is O=C(c1cn(-c2ccccc2)nc1-c1cccs1)N1CCN(S(=O)(=O)N2CCCCCC2)CC1. The van der Waals surface area contributed by atoms with Gasteiger partial charge in [-0.15, -0.1) is 11.3 Å². The van der Waals surface area contributed by atoms with Crippen molar-refractivity contribution in [1.82, 2.24) is 23.3 Å². The number of para-hydroxylation sites is 1. The molecule has 0 unspecified atom stereocenters. The zero-order valence-electron chi connectivity index (χ0n) is 19.0. The molecule has 4 heterocycles. The zero-order valence-corrected chi connectivity index (χ0v) is 20.7. The molecule has 180 valence electrons. The fourth-order valence-electron chi connectivity index (χ4n) is 4.57. The smallest absolute Gasteiger partial charge is 0.282 e. The van der Waals surface area contributed by atoms with E-state index in [2.05, 4.69) is 0 Å². The molecular formula is C24H29N5O3S2. The van der Waals surface area contributed by atoms with Crippen LogP contribution in [0.3, 0.4) is 0 Å². The minimum Gasteiger partial charge on any atom is -0.336 e. The van der Waals surface area contributed by atoms with E-state index in [0.717, 1.165) is 36.2 Å². The van der Waals surface area contributed by atoms with Gasteiger partial charge in [-0.05, 0) is 36.4 Å². The van der Waals surface area contributed by atoms with Gasteiger partial charge in [-0.25, -0.2) is 4.68 Å². The number of carbonyl (C=O) groups is 1. The van der Waals surface area contributed by atoms with Gasteiger partial charge in [0.15, 0.2) is 0 Å². The van der Waals surface area contributed by atoms with Gasteiger partial charge in [0.25, 0.3) is 16.1 Å². The molecule has 0 spiro atoms. The van der Waals surface area contributed by atoms with Gasteiger partial charge < -0.3 is 4.90 Å². The molecule has 1 amide bonds. The van der Waals surface area contributed by atoms with E-state index >= 15 is 0 Å². The van der Waals surface area contributed by atoms with E-state index in [1.54, 1.807) is 31.4 Å². The highest BCUT2D eigenvalue weighted by molar-refractivity contribution is 7.86. The molecule has 0 radical (unpaired) electrons. The number of nitrogens with zero attached hydrogens (tertiary/aromatic N) is 5. The van der Waals surface area contributed by atoms with E-state index in [4.69, 9.17) is 5.10 Å². The molecule has 0 atom stereocenters. The fourth-order valence-corrected chi connectivity index (χ4v) is 6.96. The summed E-state index contributed by atoms with van der Waals surface area (Å²) >= 11 is 1.54. The number of piperazine rings is 1. The molecule has 0 aliphatic carbocycles. The summed E-state index contributed by atoms with van der Waals surface area (Å²) in [6.45, 7) is 2.53. The molecule has 2 saturated heterocycles. The Balaban J connectivity index is 1.34. The van der Waals surface area contributed by atoms with Crippen molar-refractivity contribution in [2.24, 2.45) is 0 Å². The quantitative estimate of drug-likeness (QED) is 0.539. The van der Waals surface area contributed by atoms with Crippen LogP contribution in [0.15, 0.2) is 54.0 Å². The molecule has 2 aliphatic heterocycles. The first kappa shape index (κ1) is 23.2. The third-order valence-corrected chi connectivity index (χ3v) is 9.38. The molecule has 5 rings (SSSR count). The Morgan fingerprint density at radius 1 is 0.824 bits per heavy atom. The van der Waals surface area contributed by atoms with E-state index in [-0.39, 0.29) is 5.91 Å². The number of thiophene rings is 1. The Kier molecular flexibility index (Phi) is 6.82. The van der Waals surface area contributed by atoms with Crippen LogP contribution in [0.2, 0.25) is 0 Å². The third kappa shape index (κ3) is 4.68. The largest absolute Gasteiger partial charge is 0.336 e. The van der Waals surface area contributed by atoms with Gasteiger partial charge in [0, 0.05) is 45.5 Å². The number of carbonyl (C=O) groups excluding carboxylic acids is 1. The summed E-state index contributed by atoms with van der Waals surface area (Å²) < 4.78 is 31.2. The van der Waals surface area contributed by atoms with Gasteiger partial charge in [0.2, 0.25) is 0 Å². The standard InChI is InChI=1S/C24H29N5O3S2/c30-24(26-14-16-28(17-15-26)34(31,32)27-12-6-1-2-7-13-27)21-19-29(20-9-4-3-5-10-20)25-23(21)22-11-8-18-33-22/h3-5,8-11,18-19H,1-2,6-7,12-17H2. The van der Waals surface area contributed by atoms with Crippen molar-refractivity contribution in [2.45, 2.75) is 25.7 Å². The van der Waals surface area contributed by atoms with Crippen molar-refractivity contribution in [1.29, 1.82) is 0 Å². The highest BCUT2D eigenvalue weighted by Crippen LogP contribution is 2.29. The minimum absolute atomic E-state index is 0.114. The average Bonchev–Trinajstić information content (AvgIpc) is 3.48. The van der Waals surface area contributed by atoms with Gasteiger partial charge in [-0.1, -0.05) is 37.1 Å². The van der Waals surface area contributed by atoms with E-state index < -0.39 is 10.2 Å². The predicted molar refractivity (Wildman–Crippen MR) is 133 cm³/mol. The van der Waals surface area contributed by atoms with Crippen LogP contribution in [0.5, 0.6) is 0 Å². The van der Waals surface area contributed by atoms with Crippen LogP contribution in [0.4, 0.5) is 0 Å². The molecule has 0 N–H and O–H groups in total. The summed E-state index contributed by atoms with van der Waals surface area (Å²) in [6, 6.07) is 13.6. The molecule has 0 bridgehead atoms. The highest BCUT2D eigenvalue weighted by Gasteiger charge is 2.34. The van der Waals surface area contributed by atoms with Crippen LogP contribution < -0.4 is 0 Å². The second-order valence-electron chi connectivity index (χ2n) is 8.66. The molecule has 0 saturated carbocycles. The summed E-state index contributed by atoms with van der Waals surface area (Å²) in [4.78, 5) is 16.2. The van der Waals surface area contributed by atoms with Crippen LogP contribution in [-0.4, -0.2) is 76.9 Å². The van der Waals surface area contributed by atoms with Crippen molar-refractivity contribution in [3.63, 3.8) is 0 Å². The first-order valence-electron chi connectivity index (χ1n) is 11.8. The van der Waals surface area contributed by atoms with Gasteiger partial charge in [0.05, 0.1) is 16.1 Å². The number of hydrogen-bond donors (Lipinski definition) is 0. The van der Waals surface area contributed by atoms with Crippen molar-refractivity contribution in [2.75, 3.05) is 39.3 Å². The van der Waals surface area contributed by atoms with E-state index in [9.17, 15) is 13.2 Å². The Labute approximate surface area is 204 Å². The first-order chi connectivity index (χ1) is 16.5. The number of benzene rings is 1. The van der Waals surface area contributed by atoms with Crippen molar-refractivity contribution < 1.29 is 13.2 Å². The maximum absolute atomic E-state index is 13.6. The first-order valence-corrected chi connectivity index (χ1v) is 14.1. The van der Waals surface area contributed by atoms with Gasteiger partial charge in [-0.2, -0.15) is 22.1 Å². The lowest BCUT2D eigenvalue weighted by Crippen LogP contribution is -2.54. The normalized spacial score (nSPS) is 18.6. The summed E-state index contributed by atoms with van der Waals surface area (Å²) in [5, 5.41) is 6.70. The molecule has 10 heteroatoms. The van der Waals surface area contributed by atoms with Gasteiger partial charge in [-0.3, -0.25) is 4.79 Å². The number of rotatable bonds is 5. The number of hydrogen-bond acceptors (Lipinski definition) is 5. The van der Waals surface area contributed by atoms with Crippen LogP contribution >= 0.6 is 11.3 Å². The monoisotopic (exact) mass is 499 g/mol. The molecule has 3 aromatic rings. The van der Waals surface area contributed by atoms with Crippen LogP contribution in [0, 0.1) is 0 Å². The fraction of sp³-hybridized carbons (Fsp3) is 0.417. The highest BCUT2D eigenvalue weighted by atomic mass is 32.2. The maximum atomic E-state index is 13.6. The average molecular weight is 500 g/mol. The second-order valence-corrected chi connectivity index (χ2v) is 11.5. The Bertz CT molecular complexity index is 1210. The second kappa shape index (κ2) is 9.99. The lowest BCUT2D eigenvalue weighted by molar-refractivity contribution is 0.0695. The number of amides is 1.